The molecular weight excluding hydrogens is 513 g/mol. The topological polar surface area (TPSA) is 51.2 Å². The van der Waals surface area contributed by atoms with Gasteiger partial charge in [0, 0.05) is 34.9 Å². The molecule has 0 spiro atoms. The summed E-state index contributed by atoms with van der Waals surface area (Å²) in [6, 6.07) is 29.1. The molecule has 1 N–H and O–H groups in total. The molecule has 7 heteroatoms. The van der Waals surface area contributed by atoms with E-state index in [4.69, 9.17) is 4.74 Å². The van der Waals surface area contributed by atoms with Gasteiger partial charge in [0.1, 0.15) is 0 Å². The maximum absolute atomic E-state index is 13.8. The van der Waals surface area contributed by atoms with Crippen LogP contribution in [0.3, 0.4) is 0 Å². The van der Waals surface area contributed by atoms with Crippen molar-refractivity contribution in [1.82, 2.24) is 4.98 Å². The van der Waals surface area contributed by atoms with Crippen molar-refractivity contribution in [3.05, 3.63) is 120 Å². The summed E-state index contributed by atoms with van der Waals surface area (Å²) in [7, 11) is 0. The third kappa shape index (κ3) is 5.99. The molecule has 5 aromatic rings. The number of rotatable bonds is 8. The van der Waals surface area contributed by atoms with Crippen LogP contribution in [0.1, 0.15) is 23.6 Å². The van der Waals surface area contributed by atoms with Gasteiger partial charge in [0.15, 0.2) is 0 Å². The number of ether oxygens (including phenoxy) is 1. The van der Waals surface area contributed by atoms with Gasteiger partial charge in [0.25, 0.3) is 0 Å². The lowest BCUT2D eigenvalue weighted by molar-refractivity contribution is -0.142. The third-order valence-electron chi connectivity index (χ3n) is 6.61. The Balaban J connectivity index is 1.48. The molecule has 0 saturated heterocycles. The molecule has 0 radical (unpaired) electrons. The van der Waals surface area contributed by atoms with Crippen LogP contribution in [-0.2, 0) is 28.7 Å². The first-order valence-electron chi connectivity index (χ1n) is 13.0. The fraction of sp³-hybridized carbons (Fsp3) is 0.152. The lowest BCUT2D eigenvalue weighted by atomic mass is 9.91. The van der Waals surface area contributed by atoms with E-state index in [0.717, 1.165) is 39.6 Å². The van der Waals surface area contributed by atoms with E-state index in [1.807, 2.05) is 78.9 Å². The molecule has 0 atom stereocenters. The first-order chi connectivity index (χ1) is 19.3. The summed E-state index contributed by atoms with van der Waals surface area (Å²) in [4.78, 5) is 16.0. The number of carbonyl (C=O) groups excluding carboxylic acids is 1. The van der Waals surface area contributed by atoms with Crippen LogP contribution in [0, 0.1) is 0 Å². The molecule has 4 aromatic carbocycles. The maximum atomic E-state index is 13.8. The second kappa shape index (κ2) is 11.6. The molecule has 40 heavy (non-hydrogen) atoms. The molecule has 0 saturated carbocycles. The number of hydrogen-bond donors (Lipinski definition) is 1. The number of pyridine rings is 1. The van der Waals surface area contributed by atoms with E-state index in [0.29, 0.717) is 24.1 Å². The van der Waals surface area contributed by atoms with Crippen LogP contribution in [0.25, 0.3) is 33.2 Å². The van der Waals surface area contributed by atoms with Gasteiger partial charge in [-0.05, 0) is 47.4 Å². The average Bonchev–Trinajstić information content (AvgIpc) is 2.96. The number of nitrogens with one attached hydrogen (secondary N) is 1. The standard InChI is InChI=1S/C33H27F3N2O2/c1-2-40-30(39)18-22-14-16-23(17-15-22)20-37-26-11-6-10-25(19-26)31-27-12-7-13-29(33(34,35)36)32(27)38-21-28(31)24-8-4-3-5-9-24/h3-17,19,21,37H,2,18,20H2,1H3. The van der Waals surface area contributed by atoms with Crippen LogP contribution in [0.5, 0.6) is 0 Å². The monoisotopic (exact) mass is 540 g/mol. The van der Waals surface area contributed by atoms with Gasteiger partial charge in [0.2, 0.25) is 0 Å². The van der Waals surface area contributed by atoms with Crippen molar-refractivity contribution >= 4 is 22.6 Å². The number of halogens is 3. The van der Waals surface area contributed by atoms with Gasteiger partial charge in [-0.2, -0.15) is 13.2 Å². The van der Waals surface area contributed by atoms with Crippen molar-refractivity contribution in [2.45, 2.75) is 26.1 Å². The van der Waals surface area contributed by atoms with Crippen LogP contribution in [0.15, 0.2) is 103 Å². The molecule has 1 aromatic heterocycles. The van der Waals surface area contributed by atoms with E-state index in [1.54, 1.807) is 13.0 Å². The van der Waals surface area contributed by atoms with E-state index in [-0.39, 0.29) is 17.9 Å². The van der Waals surface area contributed by atoms with Gasteiger partial charge >= 0.3 is 12.1 Å². The summed E-state index contributed by atoms with van der Waals surface area (Å²) in [5, 5.41) is 3.84. The van der Waals surface area contributed by atoms with Crippen molar-refractivity contribution in [3.8, 4) is 22.3 Å². The fourth-order valence-corrected chi connectivity index (χ4v) is 4.74. The second-order valence-corrected chi connectivity index (χ2v) is 9.35. The van der Waals surface area contributed by atoms with Crippen LogP contribution in [-0.4, -0.2) is 17.6 Å². The van der Waals surface area contributed by atoms with E-state index in [1.165, 1.54) is 12.3 Å². The summed E-state index contributed by atoms with van der Waals surface area (Å²) >= 11 is 0. The predicted octanol–water partition coefficient (Wildman–Crippen LogP) is 8.31. The number of nitrogens with zero attached hydrogens (tertiary/aromatic N) is 1. The van der Waals surface area contributed by atoms with Crippen LogP contribution < -0.4 is 5.32 Å². The number of hydrogen-bond acceptors (Lipinski definition) is 4. The molecule has 1 heterocycles. The first kappa shape index (κ1) is 26.9. The SMILES string of the molecule is CCOC(=O)Cc1ccc(CNc2cccc(-c3c(-c4ccccc4)cnc4c(C(F)(F)F)cccc34)c2)cc1. The van der Waals surface area contributed by atoms with Gasteiger partial charge in [-0.3, -0.25) is 9.78 Å². The normalized spacial score (nSPS) is 11.4. The quantitative estimate of drug-likeness (QED) is 0.201. The van der Waals surface area contributed by atoms with Gasteiger partial charge < -0.3 is 10.1 Å². The summed E-state index contributed by atoms with van der Waals surface area (Å²) in [6.07, 6.45) is -2.77. The molecular formula is C33H27F3N2O2. The average molecular weight is 541 g/mol. The summed E-state index contributed by atoms with van der Waals surface area (Å²) < 4.78 is 46.6. The minimum atomic E-state index is -4.52. The molecule has 0 fully saturated rings. The molecule has 0 aliphatic rings. The van der Waals surface area contributed by atoms with E-state index in [9.17, 15) is 18.0 Å². The molecule has 4 nitrogen and oxygen atoms in total. The third-order valence-corrected chi connectivity index (χ3v) is 6.61. The highest BCUT2D eigenvalue weighted by molar-refractivity contribution is 6.03. The molecule has 0 aliphatic heterocycles. The number of benzene rings is 4. The second-order valence-electron chi connectivity index (χ2n) is 9.35. The molecule has 202 valence electrons. The Morgan fingerprint density at radius 3 is 2.27 bits per heavy atom. The molecule has 0 unspecified atom stereocenters. The Morgan fingerprint density at radius 2 is 1.55 bits per heavy atom. The molecule has 0 aliphatic carbocycles. The highest BCUT2D eigenvalue weighted by Crippen LogP contribution is 2.41. The van der Waals surface area contributed by atoms with Crippen molar-refractivity contribution in [3.63, 3.8) is 0 Å². The minimum Gasteiger partial charge on any atom is -0.466 e. The van der Waals surface area contributed by atoms with E-state index in [2.05, 4.69) is 10.3 Å². The van der Waals surface area contributed by atoms with Gasteiger partial charge in [-0.15, -0.1) is 0 Å². The Hall–Kier alpha value is -4.65. The lowest BCUT2D eigenvalue weighted by Gasteiger charge is -2.17. The Bertz CT molecular complexity index is 1630. The van der Waals surface area contributed by atoms with Gasteiger partial charge in [-0.1, -0.05) is 78.9 Å². The number of alkyl halides is 3. The number of esters is 1. The Labute approximate surface area is 230 Å². The van der Waals surface area contributed by atoms with Crippen LogP contribution in [0.2, 0.25) is 0 Å². The number of carbonyl (C=O) groups is 1. The first-order valence-corrected chi connectivity index (χ1v) is 13.0. The van der Waals surface area contributed by atoms with E-state index < -0.39 is 11.7 Å². The summed E-state index contributed by atoms with van der Waals surface area (Å²) in [5.41, 5.74) is 4.97. The minimum absolute atomic E-state index is 0.0778. The Kier molecular flexibility index (Phi) is 7.82. The summed E-state index contributed by atoms with van der Waals surface area (Å²) in [6.45, 7) is 2.66. The van der Waals surface area contributed by atoms with Crippen molar-refractivity contribution in [2.24, 2.45) is 0 Å². The Morgan fingerprint density at radius 1 is 0.850 bits per heavy atom. The van der Waals surface area contributed by atoms with Crippen molar-refractivity contribution in [1.29, 1.82) is 0 Å². The number of fused-ring (bicyclic) bond motifs is 1. The number of para-hydroxylation sites is 1. The highest BCUT2D eigenvalue weighted by Gasteiger charge is 2.33. The zero-order chi connectivity index (χ0) is 28.1. The van der Waals surface area contributed by atoms with Crippen LogP contribution >= 0.6 is 0 Å². The van der Waals surface area contributed by atoms with Crippen LogP contribution in [0.4, 0.5) is 18.9 Å². The molecule has 0 bridgehead atoms. The number of anilines is 1. The largest absolute Gasteiger partial charge is 0.466 e. The molecule has 5 rings (SSSR count). The fourth-order valence-electron chi connectivity index (χ4n) is 4.74. The summed E-state index contributed by atoms with van der Waals surface area (Å²) in [5.74, 6) is -0.258. The van der Waals surface area contributed by atoms with Gasteiger partial charge in [0.05, 0.1) is 24.1 Å². The van der Waals surface area contributed by atoms with Crippen molar-refractivity contribution < 1.29 is 22.7 Å². The zero-order valence-corrected chi connectivity index (χ0v) is 21.8. The smallest absolute Gasteiger partial charge is 0.418 e. The lowest BCUT2D eigenvalue weighted by Crippen LogP contribution is -2.07. The zero-order valence-electron chi connectivity index (χ0n) is 21.8. The number of aromatic nitrogens is 1. The maximum Gasteiger partial charge on any atom is 0.418 e. The molecule has 0 amide bonds. The predicted molar refractivity (Wildman–Crippen MR) is 152 cm³/mol. The highest BCUT2D eigenvalue weighted by atomic mass is 19.4. The van der Waals surface area contributed by atoms with E-state index >= 15 is 0 Å². The van der Waals surface area contributed by atoms with Crippen molar-refractivity contribution in [2.75, 3.05) is 11.9 Å². The van der Waals surface area contributed by atoms with Gasteiger partial charge in [-0.25, -0.2) is 0 Å².